The molecule has 1 heterocycles. The summed E-state index contributed by atoms with van der Waals surface area (Å²) in [5, 5.41) is 3.63. The average molecular weight is 509 g/mol. The predicted octanol–water partition coefficient (Wildman–Crippen LogP) is 4.15. The highest BCUT2D eigenvalue weighted by Gasteiger charge is 2.45. The highest BCUT2D eigenvalue weighted by atomic mass is 35.5. The van der Waals surface area contributed by atoms with Crippen LogP contribution in [-0.2, 0) is 20.3 Å². The monoisotopic (exact) mass is 508 g/mol. The molecule has 33 heavy (non-hydrogen) atoms. The maximum atomic E-state index is 13.6. The summed E-state index contributed by atoms with van der Waals surface area (Å²) in [7, 11) is -2.72. The summed E-state index contributed by atoms with van der Waals surface area (Å²) in [6.07, 6.45) is 2.58. The third-order valence-corrected chi connectivity index (χ3v) is 7.27. The summed E-state index contributed by atoms with van der Waals surface area (Å²) < 4.78 is 21.7. The van der Waals surface area contributed by atoms with Gasteiger partial charge in [-0.3, -0.25) is 9.59 Å². The number of likely N-dealkylation sites (tertiary alicyclic amines) is 1. The number of benzene rings is 2. The average Bonchev–Trinajstić information content (AvgIpc) is 3.60. The van der Waals surface area contributed by atoms with Gasteiger partial charge in [-0.15, -0.1) is 0 Å². The van der Waals surface area contributed by atoms with E-state index in [4.69, 9.17) is 23.2 Å². The van der Waals surface area contributed by atoms with Crippen LogP contribution in [0.25, 0.3) is 0 Å². The molecule has 176 valence electrons. The number of hydrogen-bond acceptors (Lipinski definition) is 4. The second-order valence-electron chi connectivity index (χ2n) is 8.82. The molecule has 1 saturated heterocycles. The van der Waals surface area contributed by atoms with E-state index in [1.807, 2.05) is 53.4 Å². The van der Waals surface area contributed by atoms with Crippen LogP contribution in [-0.4, -0.2) is 37.6 Å². The summed E-state index contributed by atoms with van der Waals surface area (Å²) in [6, 6.07) is 15.0. The van der Waals surface area contributed by atoms with Crippen molar-refractivity contribution in [3.05, 3.63) is 69.7 Å². The van der Waals surface area contributed by atoms with E-state index >= 15 is 0 Å². The fourth-order valence-corrected chi connectivity index (χ4v) is 5.28. The second-order valence-corrected chi connectivity index (χ2v) is 10.7. The number of carbonyl (C=O) groups is 2. The summed E-state index contributed by atoms with van der Waals surface area (Å²) in [5.74, 6) is -1.08. The van der Waals surface area contributed by atoms with Crippen molar-refractivity contribution >= 4 is 45.7 Å². The summed E-state index contributed by atoms with van der Waals surface area (Å²) in [5.41, 5.74) is 1.99. The fourth-order valence-electron chi connectivity index (χ4n) is 4.65. The molecule has 0 aromatic heterocycles. The third-order valence-electron chi connectivity index (χ3n) is 6.36. The number of rotatable bonds is 8. The van der Waals surface area contributed by atoms with E-state index in [0.29, 0.717) is 28.9 Å². The molecular weight excluding hydrogens is 483 g/mol. The molecule has 3 atom stereocenters. The largest absolute Gasteiger partial charge is 0.342 e. The van der Waals surface area contributed by atoms with Crippen LogP contribution in [0.15, 0.2) is 48.5 Å². The van der Waals surface area contributed by atoms with Crippen LogP contribution >= 0.6 is 23.2 Å². The van der Waals surface area contributed by atoms with E-state index in [1.54, 1.807) is 0 Å². The minimum atomic E-state index is -2.72. The normalized spacial score (nSPS) is 23.1. The first kappa shape index (κ1) is 24.0. The Bertz CT molecular complexity index is 1090. The van der Waals surface area contributed by atoms with Crippen molar-refractivity contribution in [2.75, 3.05) is 12.4 Å². The topological polar surface area (TPSA) is 83.6 Å². The zero-order valence-corrected chi connectivity index (χ0v) is 20.4. The van der Waals surface area contributed by atoms with Gasteiger partial charge in [0.2, 0.25) is 11.8 Å². The first-order chi connectivity index (χ1) is 15.8. The van der Waals surface area contributed by atoms with Crippen molar-refractivity contribution in [2.24, 2.45) is 11.8 Å². The van der Waals surface area contributed by atoms with E-state index in [1.165, 1.54) is 0 Å². The van der Waals surface area contributed by atoms with Gasteiger partial charge in [0.05, 0.1) is 6.04 Å². The van der Waals surface area contributed by atoms with Gasteiger partial charge < -0.3 is 10.2 Å². The Labute approximate surface area is 205 Å². The number of piperidine rings is 1. The quantitative estimate of drug-likeness (QED) is 0.524. The molecule has 1 aliphatic heterocycles. The Balaban J connectivity index is 1.70. The van der Waals surface area contributed by atoms with Crippen LogP contribution in [0.2, 0.25) is 10.0 Å². The standard InChI is InChI=1S/C24H26Cl2N2O4S/c25-19-8-6-16(7-9-19)23-21(17-2-1-3-20(26)10-17)11-18(12-22(29)27-14-33(31)32)24(30)28(23)13-15-4-5-15/h1-3,6-10,15,18,21,23,33H,4-5,11-14H2,(H,27,29). The lowest BCUT2D eigenvalue weighted by atomic mass is 9.74. The van der Waals surface area contributed by atoms with Crippen LogP contribution in [0.5, 0.6) is 0 Å². The molecule has 0 radical (unpaired) electrons. The lowest BCUT2D eigenvalue weighted by Gasteiger charge is -2.45. The fraction of sp³-hybridized carbons (Fsp3) is 0.417. The Morgan fingerprint density at radius 1 is 1.03 bits per heavy atom. The third kappa shape index (κ3) is 6.08. The second kappa shape index (κ2) is 10.5. The lowest BCUT2D eigenvalue weighted by molar-refractivity contribution is -0.146. The van der Waals surface area contributed by atoms with Gasteiger partial charge in [-0.2, -0.15) is 0 Å². The highest BCUT2D eigenvalue weighted by molar-refractivity contribution is 7.72. The molecule has 2 aromatic carbocycles. The van der Waals surface area contributed by atoms with E-state index in [9.17, 15) is 18.0 Å². The number of hydrogen-bond donors (Lipinski definition) is 2. The van der Waals surface area contributed by atoms with Crippen LogP contribution in [0.4, 0.5) is 0 Å². The molecule has 1 saturated carbocycles. The van der Waals surface area contributed by atoms with Crippen molar-refractivity contribution in [2.45, 2.75) is 37.6 Å². The molecule has 3 unspecified atom stereocenters. The summed E-state index contributed by atoms with van der Waals surface area (Å²) in [4.78, 5) is 28.0. The predicted molar refractivity (Wildman–Crippen MR) is 129 cm³/mol. The van der Waals surface area contributed by atoms with Crippen molar-refractivity contribution in [3.63, 3.8) is 0 Å². The molecule has 0 spiro atoms. The van der Waals surface area contributed by atoms with Gasteiger partial charge in [-0.25, -0.2) is 8.42 Å². The SMILES string of the molecule is O=C(CC1CC(c2cccc(Cl)c2)C(c2ccc(Cl)cc2)N(CC2CC2)C1=O)NC[SH](=O)=O. The smallest absolute Gasteiger partial charge is 0.226 e. The molecule has 9 heteroatoms. The number of halogens is 2. The van der Waals surface area contributed by atoms with Gasteiger partial charge in [0.1, 0.15) is 5.88 Å². The minimum absolute atomic E-state index is 0.0480. The maximum absolute atomic E-state index is 13.6. The van der Waals surface area contributed by atoms with Crippen LogP contribution < -0.4 is 5.32 Å². The van der Waals surface area contributed by atoms with Crippen molar-refractivity contribution in [1.29, 1.82) is 0 Å². The molecule has 2 amide bonds. The van der Waals surface area contributed by atoms with Gasteiger partial charge in [-0.05, 0) is 60.6 Å². The van der Waals surface area contributed by atoms with Crippen molar-refractivity contribution in [1.82, 2.24) is 10.2 Å². The van der Waals surface area contributed by atoms with Crippen LogP contribution in [0, 0.1) is 11.8 Å². The van der Waals surface area contributed by atoms with Crippen LogP contribution in [0.1, 0.15) is 48.8 Å². The lowest BCUT2D eigenvalue weighted by Crippen LogP contribution is -2.48. The summed E-state index contributed by atoms with van der Waals surface area (Å²) in [6.45, 7) is 0.633. The van der Waals surface area contributed by atoms with E-state index in [2.05, 4.69) is 5.32 Å². The first-order valence-electron chi connectivity index (χ1n) is 11.0. The Morgan fingerprint density at radius 2 is 1.76 bits per heavy atom. The van der Waals surface area contributed by atoms with Crippen molar-refractivity contribution in [3.8, 4) is 0 Å². The number of nitrogens with zero attached hydrogens (tertiary/aromatic N) is 1. The van der Waals surface area contributed by atoms with E-state index in [0.717, 1.165) is 24.0 Å². The zero-order valence-electron chi connectivity index (χ0n) is 18.0. The van der Waals surface area contributed by atoms with Gasteiger partial charge >= 0.3 is 0 Å². The number of thiol groups is 1. The summed E-state index contributed by atoms with van der Waals surface area (Å²) >= 11 is 12.4. The van der Waals surface area contributed by atoms with E-state index in [-0.39, 0.29) is 24.3 Å². The number of carbonyl (C=O) groups excluding carboxylic acids is 2. The molecule has 1 aliphatic carbocycles. The Hall–Kier alpha value is -2.09. The molecular formula is C24H26Cl2N2O4S. The van der Waals surface area contributed by atoms with Gasteiger partial charge in [0, 0.05) is 34.8 Å². The zero-order chi connectivity index (χ0) is 23.5. The highest BCUT2D eigenvalue weighted by Crippen LogP contribution is 2.48. The van der Waals surface area contributed by atoms with E-state index < -0.39 is 28.4 Å². The van der Waals surface area contributed by atoms with Gasteiger partial charge in [0.15, 0.2) is 10.7 Å². The Kier molecular flexibility index (Phi) is 7.62. The minimum Gasteiger partial charge on any atom is -0.342 e. The van der Waals surface area contributed by atoms with Gasteiger partial charge in [0.25, 0.3) is 0 Å². The molecule has 2 aromatic rings. The molecule has 2 fully saturated rings. The number of amides is 2. The number of nitrogens with one attached hydrogen (secondary N) is 1. The molecule has 4 rings (SSSR count). The van der Waals surface area contributed by atoms with Crippen LogP contribution in [0.3, 0.4) is 0 Å². The molecule has 6 nitrogen and oxygen atoms in total. The maximum Gasteiger partial charge on any atom is 0.226 e. The first-order valence-corrected chi connectivity index (χ1v) is 13.1. The van der Waals surface area contributed by atoms with Gasteiger partial charge in [-0.1, -0.05) is 47.5 Å². The Morgan fingerprint density at radius 3 is 2.39 bits per heavy atom. The molecule has 0 bridgehead atoms. The van der Waals surface area contributed by atoms with Crippen molar-refractivity contribution < 1.29 is 18.0 Å². The molecule has 1 N–H and O–H groups in total. The molecule has 2 aliphatic rings.